The van der Waals surface area contributed by atoms with Crippen LogP contribution in [0.4, 0.5) is 0 Å². The Bertz CT molecular complexity index is 401. The van der Waals surface area contributed by atoms with Gasteiger partial charge in [0.05, 0.1) is 6.10 Å². The molecule has 0 aliphatic heterocycles. The normalized spacial score (nSPS) is 23.4. The van der Waals surface area contributed by atoms with Crippen molar-refractivity contribution in [1.82, 2.24) is 0 Å². The lowest BCUT2D eigenvalue weighted by Crippen LogP contribution is -2.19. The van der Waals surface area contributed by atoms with Gasteiger partial charge in [-0.2, -0.15) is 0 Å². The van der Waals surface area contributed by atoms with Gasteiger partial charge in [0, 0.05) is 0 Å². The van der Waals surface area contributed by atoms with Crippen LogP contribution in [0.25, 0.3) is 0 Å². The molecule has 2 heteroatoms. The van der Waals surface area contributed by atoms with Crippen LogP contribution in [0.1, 0.15) is 56.9 Å². The third-order valence-electron chi connectivity index (χ3n) is 4.38. The topological polar surface area (TPSA) is 29.1 Å². The highest BCUT2D eigenvalue weighted by Gasteiger charge is 2.35. The number of hydrogen-bond donors (Lipinski definition) is 0. The average Bonchev–Trinajstić information content (AvgIpc) is 3.02. The Morgan fingerprint density at radius 1 is 1.06 bits per heavy atom. The molecule has 1 aromatic carbocycles. The summed E-state index contributed by atoms with van der Waals surface area (Å²) >= 11 is 0. The van der Waals surface area contributed by atoms with Crippen molar-refractivity contribution in [3.8, 4) is 5.75 Å². The summed E-state index contributed by atoms with van der Waals surface area (Å²) in [7, 11) is 0. The second-order valence-corrected chi connectivity index (χ2v) is 5.75. The molecule has 3 rings (SSSR count). The molecule has 2 aliphatic carbocycles. The van der Waals surface area contributed by atoms with Gasteiger partial charge in [0.2, 0.25) is 0 Å². The first-order valence-corrected chi connectivity index (χ1v) is 7.24. The molecule has 0 heterocycles. The standard InChI is InChI=1S/C16H21O2/c17-16(10-3-4-11-16)13-6-5-9-15(12-13)18-14-7-1-2-8-14/h5-6,9,12,14H,1-4,7-8,10-11H2. The average molecular weight is 245 g/mol. The van der Waals surface area contributed by atoms with Crippen LogP contribution in [0.3, 0.4) is 0 Å². The van der Waals surface area contributed by atoms with Gasteiger partial charge in [-0.15, -0.1) is 0 Å². The zero-order chi connectivity index (χ0) is 12.4. The van der Waals surface area contributed by atoms with Crippen LogP contribution in [0.5, 0.6) is 5.75 Å². The Balaban J connectivity index is 1.76. The van der Waals surface area contributed by atoms with E-state index in [-0.39, 0.29) is 0 Å². The quantitative estimate of drug-likeness (QED) is 0.784. The second-order valence-electron chi connectivity index (χ2n) is 5.75. The SMILES string of the molecule is [O]C1(c2cccc(OC3CCCC3)c2)CCCC1. The van der Waals surface area contributed by atoms with Gasteiger partial charge in [-0.05, 0) is 69.1 Å². The summed E-state index contributed by atoms with van der Waals surface area (Å²) in [6, 6.07) is 7.91. The summed E-state index contributed by atoms with van der Waals surface area (Å²) in [5, 5.41) is 12.6. The van der Waals surface area contributed by atoms with Crippen molar-refractivity contribution in [3.05, 3.63) is 29.8 Å². The van der Waals surface area contributed by atoms with E-state index in [9.17, 15) is 5.11 Å². The molecular weight excluding hydrogens is 224 g/mol. The van der Waals surface area contributed by atoms with Gasteiger partial charge in [-0.3, -0.25) is 0 Å². The van der Waals surface area contributed by atoms with Crippen molar-refractivity contribution in [3.63, 3.8) is 0 Å². The molecule has 1 aromatic rings. The van der Waals surface area contributed by atoms with Crippen molar-refractivity contribution >= 4 is 0 Å². The molecule has 97 valence electrons. The Hall–Kier alpha value is -1.02. The van der Waals surface area contributed by atoms with E-state index in [0.29, 0.717) is 6.10 Å². The van der Waals surface area contributed by atoms with Crippen LogP contribution in [-0.4, -0.2) is 6.10 Å². The molecule has 2 nitrogen and oxygen atoms in total. The molecule has 0 bridgehead atoms. The highest BCUT2D eigenvalue weighted by atomic mass is 16.5. The van der Waals surface area contributed by atoms with Gasteiger partial charge in [0.15, 0.2) is 0 Å². The van der Waals surface area contributed by atoms with E-state index >= 15 is 0 Å². The van der Waals surface area contributed by atoms with E-state index in [4.69, 9.17) is 4.74 Å². The molecule has 2 aliphatic rings. The van der Waals surface area contributed by atoms with Gasteiger partial charge in [-0.1, -0.05) is 12.1 Å². The lowest BCUT2D eigenvalue weighted by atomic mass is 9.92. The lowest BCUT2D eigenvalue weighted by Gasteiger charge is -2.21. The minimum Gasteiger partial charge on any atom is -0.490 e. The maximum atomic E-state index is 12.6. The largest absolute Gasteiger partial charge is 0.490 e. The van der Waals surface area contributed by atoms with Crippen LogP contribution in [-0.2, 0) is 10.7 Å². The van der Waals surface area contributed by atoms with E-state index in [0.717, 1.165) is 49.8 Å². The second kappa shape index (κ2) is 4.93. The van der Waals surface area contributed by atoms with Crippen molar-refractivity contribution in [2.45, 2.75) is 63.1 Å². The van der Waals surface area contributed by atoms with E-state index in [2.05, 4.69) is 0 Å². The van der Waals surface area contributed by atoms with Gasteiger partial charge >= 0.3 is 0 Å². The highest BCUT2D eigenvalue weighted by Crippen LogP contribution is 2.40. The van der Waals surface area contributed by atoms with Gasteiger partial charge in [0.25, 0.3) is 0 Å². The van der Waals surface area contributed by atoms with Crippen molar-refractivity contribution in [1.29, 1.82) is 0 Å². The third-order valence-corrected chi connectivity index (χ3v) is 4.38. The molecule has 0 aromatic heterocycles. The Kier molecular flexibility index (Phi) is 3.29. The molecule has 18 heavy (non-hydrogen) atoms. The molecule has 2 saturated carbocycles. The molecule has 0 atom stereocenters. The smallest absolute Gasteiger partial charge is 0.129 e. The lowest BCUT2D eigenvalue weighted by molar-refractivity contribution is -0.0291. The van der Waals surface area contributed by atoms with Crippen LogP contribution in [0.2, 0.25) is 0 Å². The number of benzene rings is 1. The van der Waals surface area contributed by atoms with E-state index < -0.39 is 5.60 Å². The summed E-state index contributed by atoms with van der Waals surface area (Å²) < 4.78 is 5.98. The fourth-order valence-electron chi connectivity index (χ4n) is 3.29. The molecule has 0 saturated heterocycles. The minimum absolute atomic E-state index is 0.367. The molecular formula is C16H21O2. The third kappa shape index (κ3) is 2.39. The molecule has 2 fully saturated rings. The predicted molar refractivity (Wildman–Crippen MR) is 70.2 cm³/mol. The zero-order valence-corrected chi connectivity index (χ0v) is 10.9. The summed E-state index contributed by atoms with van der Waals surface area (Å²) in [6.07, 6.45) is 8.92. The Morgan fingerprint density at radius 3 is 2.50 bits per heavy atom. The van der Waals surface area contributed by atoms with E-state index in [1.807, 2.05) is 24.3 Å². The summed E-state index contributed by atoms with van der Waals surface area (Å²) in [5.74, 6) is 0.890. The van der Waals surface area contributed by atoms with Crippen molar-refractivity contribution < 1.29 is 9.84 Å². The van der Waals surface area contributed by atoms with E-state index in [1.165, 1.54) is 12.8 Å². The fourth-order valence-corrected chi connectivity index (χ4v) is 3.29. The molecule has 0 unspecified atom stereocenters. The van der Waals surface area contributed by atoms with Crippen LogP contribution in [0.15, 0.2) is 24.3 Å². The number of hydrogen-bond acceptors (Lipinski definition) is 1. The van der Waals surface area contributed by atoms with Crippen molar-refractivity contribution in [2.75, 3.05) is 0 Å². The highest BCUT2D eigenvalue weighted by molar-refractivity contribution is 5.33. The minimum atomic E-state index is -0.852. The first-order chi connectivity index (χ1) is 8.76. The monoisotopic (exact) mass is 245 g/mol. The van der Waals surface area contributed by atoms with E-state index in [1.54, 1.807) is 0 Å². The van der Waals surface area contributed by atoms with Crippen LogP contribution >= 0.6 is 0 Å². The summed E-state index contributed by atoms with van der Waals surface area (Å²) in [4.78, 5) is 0. The first kappa shape index (κ1) is 12.0. The summed E-state index contributed by atoms with van der Waals surface area (Å²) in [5.41, 5.74) is 0.0742. The van der Waals surface area contributed by atoms with Gasteiger partial charge in [0.1, 0.15) is 11.4 Å². The maximum Gasteiger partial charge on any atom is 0.129 e. The van der Waals surface area contributed by atoms with Crippen LogP contribution < -0.4 is 4.74 Å². The molecule has 0 spiro atoms. The molecule has 0 amide bonds. The van der Waals surface area contributed by atoms with Gasteiger partial charge in [-0.25, -0.2) is 5.11 Å². The Morgan fingerprint density at radius 2 is 1.78 bits per heavy atom. The van der Waals surface area contributed by atoms with Crippen molar-refractivity contribution in [2.24, 2.45) is 0 Å². The van der Waals surface area contributed by atoms with Gasteiger partial charge < -0.3 is 4.74 Å². The maximum absolute atomic E-state index is 12.6. The molecule has 1 radical (unpaired) electrons. The zero-order valence-electron chi connectivity index (χ0n) is 10.9. The first-order valence-electron chi connectivity index (χ1n) is 7.24. The Labute approximate surface area is 109 Å². The number of ether oxygens (including phenoxy) is 1. The fraction of sp³-hybridized carbons (Fsp3) is 0.625. The predicted octanol–water partition coefficient (Wildman–Crippen LogP) is 4.21. The summed E-state index contributed by atoms with van der Waals surface area (Å²) in [6.45, 7) is 0. The van der Waals surface area contributed by atoms with Crippen LogP contribution in [0, 0.1) is 0 Å². The number of rotatable bonds is 3. The molecule has 0 N–H and O–H groups in total.